The van der Waals surface area contributed by atoms with E-state index in [2.05, 4.69) is 41.6 Å². The second-order valence-corrected chi connectivity index (χ2v) is 5.67. The Balaban J connectivity index is 0.00000625. The number of aromatic nitrogens is 1. The van der Waals surface area contributed by atoms with Crippen molar-refractivity contribution in [2.75, 3.05) is 40.0 Å². The van der Waals surface area contributed by atoms with E-state index in [0.29, 0.717) is 32.9 Å². The molecule has 0 aliphatic carbocycles. The molecule has 0 saturated heterocycles. The first kappa shape index (κ1) is 25.1. The van der Waals surface area contributed by atoms with Crippen LogP contribution in [0.3, 0.4) is 0 Å². The highest BCUT2D eigenvalue weighted by atomic mass is 127. The van der Waals surface area contributed by atoms with Gasteiger partial charge in [-0.1, -0.05) is 32.3 Å². The standard InChI is InChI=1S/C18H34N4O3.HI/c1-5-8-10-23-12-13-24-11-9-20-18(19-4)21-14-15-16(6-2)22-25-17(15)7-3;/h5-14H2,1-4H3,(H2,19,20,21);1H. The van der Waals surface area contributed by atoms with Crippen LogP contribution in [0, 0.1) is 0 Å². The summed E-state index contributed by atoms with van der Waals surface area (Å²) in [6.45, 7) is 10.4. The summed E-state index contributed by atoms with van der Waals surface area (Å²) in [4.78, 5) is 4.23. The fraction of sp³-hybridized carbons (Fsp3) is 0.778. The second kappa shape index (κ2) is 16.3. The summed E-state index contributed by atoms with van der Waals surface area (Å²) in [5, 5.41) is 10.7. The smallest absolute Gasteiger partial charge is 0.191 e. The highest BCUT2D eigenvalue weighted by Gasteiger charge is 2.13. The number of rotatable bonds is 13. The molecule has 1 heterocycles. The molecule has 0 aliphatic rings. The summed E-state index contributed by atoms with van der Waals surface area (Å²) >= 11 is 0. The van der Waals surface area contributed by atoms with Crippen LogP contribution in [0.2, 0.25) is 0 Å². The van der Waals surface area contributed by atoms with Gasteiger partial charge in [0.2, 0.25) is 0 Å². The Labute approximate surface area is 174 Å². The average molecular weight is 482 g/mol. The maximum atomic E-state index is 5.54. The van der Waals surface area contributed by atoms with Crippen LogP contribution in [0.4, 0.5) is 0 Å². The molecule has 8 heteroatoms. The summed E-state index contributed by atoms with van der Waals surface area (Å²) in [6, 6.07) is 0. The van der Waals surface area contributed by atoms with Crippen molar-refractivity contribution in [1.29, 1.82) is 0 Å². The van der Waals surface area contributed by atoms with Gasteiger partial charge in [-0.15, -0.1) is 24.0 Å². The first-order valence-corrected chi connectivity index (χ1v) is 9.32. The minimum Gasteiger partial charge on any atom is -0.379 e. The summed E-state index contributed by atoms with van der Waals surface area (Å²) in [7, 11) is 1.76. The molecule has 0 aromatic carbocycles. The molecular formula is C18H35IN4O3. The first-order valence-electron chi connectivity index (χ1n) is 9.32. The van der Waals surface area contributed by atoms with Gasteiger partial charge in [0.15, 0.2) is 5.96 Å². The number of nitrogens with zero attached hydrogens (tertiary/aromatic N) is 2. The van der Waals surface area contributed by atoms with Gasteiger partial charge in [-0.3, -0.25) is 4.99 Å². The lowest BCUT2D eigenvalue weighted by Crippen LogP contribution is -2.38. The summed E-state index contributed by atoms with van der Waals surface area (Å²) in [6.07, 6.45) is 3.96. The van der Waals surface area contributed by atoms with E-state index < -0.39 is 0 Å². The Bertz CT molecular complexity index is 473. The van der Waals surface area contributed by atoms with Crippen LogP contribution >= 0.6 is 24.0 Å². The molecule has 1 aromatic rings. The molecule has 0 unspecified atom stereocenters. The largest absolute Gasteiger partial charge is 0.379 e. The van der Waals surface area contributed by atoms with Crippen molar-refractivity contribution in [2.45, 2.75) is 53.0 Å². The molecule has 0 atom stereocenters. The molecule has 0 spiro atoms. The Morgan fingerprint density at radius 2 is 1.77 bits per heavy atom. The topological polar surface area (TPSA) is 80.9 Å². The van der Waals surface area contributed by atoms with Crippen LogP contribution in [-0.4, -0.2) is 51.1 Å². The van der Waals surface area contributed by atoms with E-state index in [-0.39, 0.29) is 24.0 Å². The molecule has 7 nitrogen and oxygen atoms in total. The number of guanidine groups is 1. The van der Waals surface area contributed by atoms with E-state index >= 15 is 0 Å². The van der Waals surface area contributed by atoms with E-state index in [1.807, 2.05) is 0 Å². The zero-order valence-electron chi connectivity index (χ0n) is 16.6. The maximum Gasteiger partial charge on any atom is 0.191 e. The molecule has 1 rings (SSSR count). The molecule has 0 radical (unpaired) electrons. The lowest BCUT2D eigenvalue weighted by Gasteiger charge is -2.12. The third-order valence-corrected chi connectivity index (χ3v) is 3.82. The fourth-order valence-corrected chi connectivity index (χ4v) is 2.34. The molecule has 26 heavy (non-hydrogen) atoms. The van der Waals surface area contributed by atoms with Crippen molar-refractivity contribution in [1.82, 2.24) is 15.8 Å². The first-order chi connectivity index (χ1) is 12.3. The van der Waals surface area contributed by atoms with Crippen molar-refractivity contribution in [3.63, 3.8) is 0 Å². The van der Waals surface area contributed by atoms with Gasteiger partial charge >= 0.3 is 0 Å². The number of halogens is 1. The minimum absolute atomic E-state index is 0. The molecule has 152 valence electrons. The van der Waals surface area contributed by atoms with Crippen LogP contribution in [0.5, 0.6) is 0 Å². The minimum atomic E-state index is 0. The third-order valence-electron chi connectivity index (χ3n) is 3.82. The zero-order chi connectivity index (χ0) is 18.3. The molecule has 0 bridgehead atoms. The molecule has 0 saturated carbocycles. The summed E-state index contributed by atoms with van der Waals surface area (Å²) < 4.78 is 16.4. The number of hydrogen-bond donors (Lipinski definition) is 2. The Hall–Kier alpha value is -0.870. The van der Waals surface area contributed by atoms with Gasteiger partial charge in [-0.05, 0) is 12.8 Å². The SMILES string of the molecule is CCCCOCCOCCNC(=NC)NCc1c(CC)noc1CC.I. The van der Waals surface area contributed by atoms with Gasteiger partial charge < -0.3 is 24.6 Å². The quantitative estimate of drug-likeness (QED) is 0.195. The Morgan fingerprint density at radius 3 is 2.38 bits per heavy atom. The maximum absolute atomic E-state index is 5.54. The fourth-order valence-electron chi connectivity index (χ4n) is 2.34. The van der Waals surface area contributed by atoms with Gasteiger partial charge in [-0.2, -0.15) is 0 Å². The van der Waals surface area contributed by atoms with Crippen molar-refractivity contribution in [3.05, 3.63) is 17.0 Å². The van der Waals surface area contributed by atoms with Gasteiger partial charge in [0.05, 0.1) is 25.5 Å². The van der Waals surface area contributed by atoms with Gasteiger partial charge in [-0.25, -0.2) is 0 Å². The van der Waals surface area contributed by atoms with Crippen molar-refractivity contribution < 1.29 is 14.0 Å². The number of nitrogens with one attached hydrogen (secondary N) is 2. The predicted molar refractivity (Wildman–Crippen MR) is 115 cm³/mol. The average Bonchev–Trinajstić information content (AvgIpc) is 3.04. The van der Waals surface area contributed by atoms with Gasteiger partial charge in [0.1, 0.15) is 5.76 Å². The van der Waals surface area contributed by atoms with Crippen molar-refractivity contribution in [3.8, 4) is 0 Å². The van der Waals surface area contributed by atoms with Crippen LogP contribution in [0.15, 0.2) is 9.52 Å². The van der Waals surface area contributed by atoms with Gasteiger partial charge in [0, 0.05) is 38.7 Å². The lowest BCUT2D eigenvalue weighted by atomic mass is 10.1. The zero-order valence-corrected chi connectivity index (χ0v) is 18.9. The predicted octanol–water partition coefficient (Wildman–Crippen LogP) is 2.92. The van der Waals surface area contributed by atoms with Crippen LogP contribution in [-0.2, 0) is 28.9 Å². The highest BCUT2D eigenvalue weighted by molar-refractivity contribution is 14.0. The summed E-state index contributed by atoms with van der Waals surface area (Å²) in [5.41, 5.74) is 2.14. The normalized spacial score (nSPS) is 11.3. The van der Waals surface area contributed by atoms with E-state index in [4.69, 9.17) is 14.0 Å². The van der Waals surface area contributed by atoms with E-state index in [9.17, 15) is 0 Å². The van der Waals surface area contributed by atoms with Crippen LogP contribution in [0.25, 0.3) is 0 Å². The molecule has 0 aliphatic heterocycles. The van der Waals surface area contributed by atoms with Crippen molar-refractivity contribution in [2.24, 2.45) is 4.99 Å². The Kier molecular flexibility index (Phi) is 15.8. The van der Waals surface area contributed by atoms with Gasteiger partial charge in [0.25, 0.3) is 0 Å². The van der Waals surface area contributed by atoms with Crippen LogP contribution in [0.1, 0.15) is 50.6 Å². The van der Waals surface area contributed by atoms with Crippen molar-refractivity contribution >= 4 is 29.9 Å². The third kappa shape index (κ3) is 9.72. The monoisotopic (exact) mass is 482 g/mol. The number of hydrogen-bond acceptors (Lipinski definition) is 5. The summed E-state index contributed by atoms with van der Waals surface area (Å²) in [5.74, 6) is 1.68. The molecular weight excluding hydrogens is 447 g/mol. The molecule has 2 N–H and O–H groups in total. The van der Waals surface area contributed by atoms with Crippen LogP contribution < -0.4 is 10.6 Å². The second-order valence-electron chi connectivity index (χ2n) is 5.67. The molecule has 1 aromatic heterocycles. The molecule has 0 fully saturated rings. The van der Waals surface area contributed by atoms with E-state index in [0.717, 1.165) is 55.3 Å². The molecule has 0 amide bonds. The number of aliphatic imine (C=N–C) groups is 1. The number of ether oxygens (including phenoxy) is 2. The Morgan fingerprint density at radius 1 is 1.04 bits per heavy atom. The number of unbranched alkanes of at least 4 members (excludes halogenated alkanes) is 1. The number of aryl methyl sites for hydroxylation is 2. The van der Waals surface area contributed by atoms with E-state index in [1.54, 1.807) is 7.05 Å². The lowest BCUT2D eigenvalue weighted by molar-refractivity contribution is 0.0487. The highest BCUT2D eigenvalue weighted by Crippen LogP contribution is 2.15. The van der Waals surface area contributed by atoms with E-state index in [1.165, 1.54) is 0 Å².